The Morgan fingerprint density at radius 3 is 2.65 bits per heavy atom. The minimum absolute atomic E-state index is 0.674. The van der Waals surface area contributed by atoms with Crippen molar-refractivity contribution in [2.24, 2.45) is 0 Å². The summed E-state index contributed by atoms with van der Waals surface area (Å²) in [5, 5.41) is 3.47. The zero-order chi connectivity index (χ0) is 12.5. The van der Waals surface area contributed by atoms with Gasteiger partial charge in [-0.2, -0.15) is 0 Å². The number of nitrogens with zero attached hydrogens (tertiary/aromatic N) is 1. The van der Waals surface area contributed by atoms with Gasteiger partial charge in [-0.25, -0.2) is 0 Å². The van der Waals surface area contributed by atoms with Crippen LogP contribution in [-0.2, 0) is 4.74 Å². The molecule has 102 valence electrons. The van der Waals surface area contributed by atoms with Crippen LogP contribution in [0.25, 0.3) is 0 Å². The van der Waals surface area contributed by atoms with E-state index in [4.69, 9.17) is 4.74 Å². The van der Waals surface area contributed by atoms with E-state index in [0.717, 1.165) is 25.7 Å². The summed E-state index contributed by atoms with van der Waals surface area (Å²) in [7, 11) is 1.79. The van der Waals surface area contributed by atoms with Gasteiger partial charge in [-0.15, -0.1) is 0 Å². The molecule has 17 heavy (non-hydrogen) atoms. The Hall–Kier alpha value is -0.120. The lowest BCUT2D eigenvalue weighted by molar-refractivity contribution is 0.142. The second-order valence-electron chi connectivity index (χ2n) is 5.21. The second kappa shape index (κ2) is 8.90. The zero-order valence-corrected chi connectivity index (χ0v) is 11.9. The van der Waals surface area contributed by atoms with Crippen LogP contribution in [0.4, 0.5) is 0 Å². The van der Waals surface area contributed by atoms with E-state index < -0.39 is 0 Å². The molecule has 0 saturated heterocycles. The second-order valence-corrected chi connectivity index (χ2v) is 5.21. The summed E-state index contributed by atoms with van der Waals surface area (Å²) in [6.07, 6.45) is 6.77. The molecule has 1 fully saturated rings. The zero-order valence-electron chi connectivity index (χ0n) is 11.9. The summed E-state index contributed by atoms with van der Waals surface area (Å²) >= 11 is 0. The number of nitrogens with one attached hydrogen (secondary N) is 1. The average Bonchev–Trinajstić information content (AvgIpc) is 3.12. The molecule has 1 aliphatic carbocycles. The molecule has 3 nitrogen and oxygen atoms in total. The van der Waals surface area contributed by atoms with Gasteiger partial charge in [0.25, 0.3) is 0 Å². The molecule has 1 rings (SSSR count). The highest BCUT2D eigenvalue weighted by molar-refractivity contribution is 4.84. The van der Waals surface area contributed by atoms with Crippen molar-refractivity contribution in [1.29, 1.82) is 0 Å². The standard InChI is InChI=1S/C14H30N2O/c1-4-15-13(2)7-5-6-10-16(11-12-17-3)14-8-9-14/h13-15H,4-12H2,1-3H3. The Kier molecular flexibility index (Phi) is 7.82. The van der Waals surface area contributed by atoms with E-state index in [1.165, 1.54) is 38.6 Å². The van der Waals surface area contributed by atoms with Crippen molar-refractivity contribution in [3.8, 4) is 0 Å². The van der Waals surface area contributed by atoms with Crippen molar-refractivity contribution in [3.63, 3.8) is 0 Å². The summed E-state index contributed by atoms with van der Waals surface area (Å²) in [6.45, 7) is 8.80. The lowest BCUT2D eigenvalue weighted by Gasteiger charge is -2.21. The largest absolute Gasteiger partial charge is 0.383 e. The Balaban J connectivity index is 2.02. The summed E-state index contributed by atoms with van der Waals surface area (Å²) < 4.78 is 5.18. The van der Waals surface area contributed by atoms with Gasteiger partial charge in [-0.05, 0) is 45.7 Å². The van der Waals surface area contributed by atoms with Gasteiger partial charge in [0.2, 0.25) is 0 Å². The van der Waals surface area contributed by atoms with Gasteiger partial charge in [0.15, 0.2) is 0 Å². The molecule has 1 saturated carbocycles. The van der Waals surface area contributed by atoms with Gasteiger partial charge in [0.1, 0.15) is 0 Å². The normalized spacial score (nSPS) is 17.6. The highest BCUT2D eigenvalue weighted by Gasteiger charge is 2.27. The third-order valence-electron chi connectivity index (χ3n) is 3.53. The van der Waals surface area contributed by atoms with E-state index in [0.29, 0.717) is 6.04 Å². The molecular weight excluding hydrogens is 212 g/mol. The molecule has 1 aliphatic rings. The predicted molar refractivity (Wildman–Crippen MR) is 73.5 cm³/mol. The molecule has 1 atom stereocenters. The van der Waals surface area contributed by atoms with Crippen molar-refractivity contribution < 1.29 is 4.74 Å². The van der Waals surface area contributed by atoms with Crippen LogP contribution in [0.3, 0.4) is 0 Å². The highest BCUT2D eigenvalue weighted by Crippen LogP contribution is 2.26. The quantitative estimate of drug-likeness (QED) is 0.563. The van der Waals surface area contributed by atoms with Crippen molar-refractivity contribution >= 4 is 0 Å². The Morgan fingerprint density at radius 1 is 1.29 bits per heavy atom. The predicted octanol–water partition coefficient (Wildman–Crippen LogP) is 2.27. The molecular formula is C14H30N2O. The van der Waals surface area contributed by atoms with E-state index in [2.05, 4.69) is 24.1 Å². The van der Waals surface area contributed by atoms with Crippen molar-refractivity contribution in [2.75, 3.05) is 33.4 Å². The molecule has 0 aliphatic heterocycles. The molecule has 1 N–H and O–H groups in total. The van der Waals surface area contributed by atoms with Crippen LogP contribution in [0.15, 0.2) is 0 Å². The van der Waals surface area contributed by atoms with Crippen molar-refractivity contribution in [3.05, 3.63) is 0 Å². The molecule has 0 aromatic carbocycles. The molecule has 0 spiro atoms. The van der Waals surface area contributed by atoms with Crippen molar-refractivity contribution in [1.82, 2.24) is 10.2 Å². The van der Waals surface area contributed by atoms with E-state index >= 15 is 0 Å². The smallest absolute Gasteiger partial charge is 0.0589 e. The third kappa shape index (κ3) is 7.02. The molecule has 0 aromatic heterocycles. The SMILES string of the molecule is CCNC(C)CCCCN(CCOC)C1CC1. The Bertz CT molecular complexity index is 183. The maximum atomic E-state index is 5.18. The fourth-order valence-electron chi connectivity index (χ4n) is 2.34. The number of methoxy groups -OCH3 is 1. The first-order valence-electron chi connectivity index (χ1n) is 7.24. The Morgan fingerprint density at radius 2 is 2.06 bits per heavy atom. The topological polar surface area (TPSA) is 24.5 Å². The summed E-state index contributed by atoms with van der Waals surface area (Å²) in [6, 6.07) is 1.55. The van der Waals surface area contributed by atoms with Gasteiger partial charge in [-0.3, -0.25) is 4.90 Å². The van der Waals surface area contributed by atoms with Crippen LogP contribution in [0.5, 0.6) is 0 Å². The lowest BCUT2D eigenvalue weighted by atomic mass is 10.1. The number of unbranched alkanes of at least 4 members (excludes halogenated alkanes) is 1. The van der Waals surface area contributed by atoms with E-state index in [9.17, 15) is 0 Å². The highest BCUT2D eigenvalue weighted by atomic mass is 16.5. The van der Waals surface area contributed by atoms with E-state index in [1.807, 2.05) is 0 Å². The average molecular weight is 242 g/mol. The van der Waals surface area contributed by atoms with Gasteiger partial charge in [-0.1, -0.05) is 13.3 Å². The molecule has 3 heteroatoms. The van der Waals surface area contributed by atoms with Crippen molar-refractivity contribution in [2.45, 2.75) is 58.0 Å². The monoisotopic (exact) mass is 242 g/mol. The van der Waals surface area contributed by atoms with Crippen LogP contribution in [-0.4, -0.2) is 50.3 Å². The van der Waals surface area contributed by atoms with Gasteiger partial charge >= 0.3 is 0 Å². The van der Waals surface area contributed by atoms with Gasteiger partial charge < -0.3 is 10.1 Å². The van der Waals surface area contributed by atoms with Crippen LogP contribution < -0.4 is 5.32 Å². The fourth-order valence-corrected chi connectivity index (χ4v) is 2.34. The number of ether oxygens (including phenoxy) is 1. The molecule has 0 heterocycles. The fraction of sp³-hybridized carbons (Fsp3) is 1.00. The maximum Gasteiger partial charge on any atom is 0.0589 e. The minimum Gasteiger partial charge on any atom is -0.383 e. The number of hydrogen-bond donors (Lipinski definition) is 1. The molecule has 0 bridgehead atoms. The van der Waals surface area contributed by atoms with Gasteiger partial charge in [0, 0.05) is 25.7 Å². The molecule has 0 radical (unpaired) electrons. The minimum atomic E-state index is 0.674. The first-order chi connectivity index (χ1) is 8.27. The summed E-state index contributed by atoms with van der Waals surface area (Å²) in [5.41, 5.74) is 0. The Labute approximate surface area is 107 Å². The van der Waals surface area contributed by atoms with Gasteiger partial charge in [0.05, 0.1) is 6.61 Å². The molecule has 0 amide bonds. The van der Waals surface area contributed by atoms with Crippen LogP contribution >= 0.6 is 0 Å². The summed E-state index contributed by atoms with van der Waals surface area (Å²) in [5.74, 6) is 0. The van der Waals surface area contributed by atoms with Crippen LogP contribution in [0.1, 0.15) is 46.0 Å². The summed E-state index contributed by atoms with van der Waals surface area (Å²) in [4.78, 5) is 2.61. The maximum absolute atomic E-state index is 5.18. The first-order valence-corrected chi connectivity index (χ1v) is 7.24. The van der Waals surface area contributed by atoms with E-state index in [1.54, 1.807) is 7.11 Å². The number of hydrogen-bond acceptors (Lipinski definition) is 3. The van der Waals surface area contributed by atoms with Crippen LogP contribution in [0, 0.1) is 0 Å². The third-order valence-corrected chi connectivity index (χ3v) is 3.53. The molecule has 1 unspecified atom stereocenters. The van der Waals surface area contributed by atoms with E-state index in [-0.39, 0.29) is 0 Å². The first kappa shape index (κ1) is 14.9. The number of rotatable bonds is 11. The molecule has 0 aromatic rings. The lowest BCUT2D eigenvalue weighted by Crippen LogP contribution is -2.31. The van der Waals surface area contributed by atoms with Crippen LogP contribution in [0.2, 0.25) is 0 Å².